The molecule has 5 nitrogen and oxygen atoms in total. The van der Waals surface area contributed by atoms with Crippen LogP contribution in [0.4, 0.5) is 0 Å². The number of carbonyl (C=O) groups is 1. The van der Waals surface area contributed by atoms with Crippen LogP contribution in [0.3, 0.4) is 0 Å². The number of carboxylic acid groups (broad SMARTS) is 1. The maximum absolute atomic E-state index is 12.2. The standard InChI is InChI=1S/C13H23NO4S/c15-12(16)9-13(7-4-8-13)10-14-19(17,18)11-5-2-1-3-6-11/h11,14H,1-10H2,(H,15,16). The van der Waals surface area contributed by atoms with Crippen molar-refractivity contribution in [2.75, 3.05) is 6.54 Å². The first-order chi connectivity index (χ1) is 8.94. The maximum atomic E-state index is 12.2. The first kappa shape index (κ1) is 14.8. The molecule has 2 aliphatic carbocycles. The van der Waals surface area contributed by atoms with E-state index in [1.807, 2.05) is 0 Å². The van der Waals surface area contributed by atoms with Crippen LogP contribution >= 0.6 is 0 Å². The lowest BCUT2D eigenvalue weighted by Crippen LogP contribution is -2.46. The van der Waals surface area contributed by atoms with Crippen molar-refractivity contribution < 1.29 is 18.3 Å². The summed E-state index contributed by atoms with van der Waals surface area (Å²) in [6, 6.07) is 0. The lowest BCUT2D eigenvalue weighted by atomic mass is 9.67. The molecule has 0 aromatic carbocycles. The van der Waals surface area contributed by atoms with Gasteiger partial charge in [-0.3, -0.25) is 4.79 Å². The van der Waals surface area contributed by atoms with E-state index in [0.29, 0.717) is 0 Å². The Hall–Kier alpha value is -0.620. The summed E-state index contributed by atoms with van der Waals surface area (Å²) in [6.45, 7) is 0.290. The van der Waals surface area contributed by atoms with Gasteiger partial charge in [-0.15, -0.1) is 0 Å². The number of rotatable bonds is 6. The van der Waals surface area contributed by atoms with Crippen molar-refractivity contribution in [2.45, 2.75) is 63.0 Å². The molecular formula is C13H23NO4S. The number of sulfonamides is 1. The summed E-state index contributed by atoms with van der Waals surface area (Å²) in [7, 11) is -3.27. The lowest BCUT2D eigenvalue weighted by Gasteiger charge is -2.41. The average Bonchev–Trinajstić information content (AvgIpc) is 2.33. The molecule has 0 aromatic rings. The highest BCUT2D eigenvalue weighted by Crippen LogP contribution is 2.43. The number of hydrogen-bond acceptors (Lipinski definition) is 3. The Kier molecular flexibility index (Phi) is 4.50. The van der Waals surface area contributed by atoms with Crippen molar-refractivity contribution >= 4 is 16.0 Å². The van der Waals surface area contributed by atoms with Gasteiger partial charge in [0.15, 0.2) is 0 Å². The molecule has 0 saturated heterocycles. The predicted molar refractivity (Wildman–Crippen MR) is 72.3 cm³/mol. The minimum atomic E-state index is -3.27. The van der Waals surface area contributed by atoms with Crippen LogP contribution in [0.1, 0.15) is 57.8 Å². The fraction of sp³-hybridized carbons (Fsp3) is 0.923. The number of aliphatic carboxylic acids is 1. The van der Waals surface area contributed by atoms with Crippen molar-refractivity contribution in [3.63, 3.8) is 0 Å². The molecule has 110 valence electrons. The van der Waals surface area contributed by atoms with Crippen molar-refractivity contribution in [1.82, 2.24) is 4.72 Å². The molecule has 2 rings (SSSR count). The predicted octanol–water partition coefficient (Wildman–Crippen LogP) is 1.88. The van der Waals surface area contributed by atoms with E-state index in [9.17, 15) is 13.2 Å². The highest BCUT2D eigenvalue weighted by Gasteiger charge is 2.40. The van der Waals surface area contributed by atoms with Gasteiger partial charge in [-0.05, 0) is 31.1 Å². The molecule has 0 bridgehead atoms. The van der Waals surface area contributed by atoms with Crippen LogP contribution in [0.2, 0.25) is 0 Å². The molecule has 0 aromatic heterocycles. The third kappa shape index (κ3) is 3.69. The zero-order valence-electron chi connectivity index (χ0n) is 11.2. The smallest absolute Gasteiger partial charge is 0.303 e. The fourth-order valence-corrected chi connectivity index (χ4v) is 4.86. The van der Waals surface area contributed by atoms with E-state index in [1.54, 1.807) is 0 Å². The third-order valence-electron chi connectivity index (χ3n) is 4.58. The van der Waals surface area contributed by atoms with Crippen LogP contribution in [0, 0.1) is 5.41 Å². The zero-order chi connectivity index (χ0) is 13.9. The lowest BCUT2D eigenvalue weighted by molar-refractivity contribution is -0.141. The summed E-state index contributed by atoms with van der Waals surface area (Å²) >= 11 is 0. The van der Waals surface area contributed by atoms with E-state index >= 15 is 0 Å². The maximum Gasteiger partial charge on any atom is 0.303 e. The fourth-order valence-electron chi connectivity index (χ4n) is 3.16. The summed E-state index contributed by atoms with van der Waals surface area (Å²) in [5, 5.41) is 8.64. The zero-order valence-corrected chi connectivity index (χ0v) is 12.0. The topological polar surface area (TPSA) is 83.5 Å². The van der Waals surface area contributed by atoms with E-state index in [4.69, 9.17) is 5.11 Å². The summed E-state index contributed by atoms with van der Waals surface area (Å²) < 4.78 is 27.1. The van der Waals surface area contributed by atoms with Gasteiger partial charge >= 0.3 is 5.97 Å². The molecule has 0 radical (unpaired) electrons. The van der Waals surface area contributed by atoms with Crippen molar-refractivity contribution in [1.29, 1.82) is 0 Å². The minimum Gasteiger partial charge on any atom is -0.481 e. The van der Waals surface area contributed by atoms with E-state index in [2.05, 4.69) is 4.72 Å². The molecule has 0 spiro atoms. The second-order valence-electron chi connectivity index (χ2n) is 6.05. The molecule has 2 saturated carbocycles. The summed E-state index contributed by atoms with van der Waals surface area (Å²) in [4.78, 5) is 10.9. The van der Waals surface area contributed by atoms with E-state index in [0.717, 1.165) is 51.4 Å². The Morgan fingerprint density at radius 3 is 2.26 bits per heavy atom. The van der Waals surface area contributed by atoms with Gasteiger partial charge in [-0.1, -0.05) is 25.7 Å². The molecule has 0 atom stereocenters. The number of carboxylic acids is 1. The monoisotopic (exact) mass is 289 g/mol. The molecule has 0 heterocycles. The molecule has 2 aliphatic rings. The van der Waals surface area contributed by atoms with Gasteiger partial charge in [0.05, 0.1) is 11.7 Å². The third-order valence-corrected chi connectivity index (χ3v) is 6.48. The van der Waals surface area contributed by atoms with Crippen LogP contribution in [0.15, 0.2) is 0 Å². The normalized spacial score (nSPS) is 23.8. The van der Waals surface area contributed by atoms with Gasteiger partial charge in [-0.25, -0.2) is 13.1 Å². The molecule has 6 heteroatoms. The quantitative estimate of drug-likeness (QED) is 0.782. The number of nitrogens with one attached hydrogen (secondary N) is 1. The number of hydrogen-bond donors (Lipinski definition) is 2. The largest absolute Gasteiger partial charge is 0.481 e. The SMILES string of the molecule is O=C(O)CC1(CNS(=O)(=O)C2CCCCC2)CCC1. The Morgan fingerprint density at radius 2 is 1.79 bits per heavy atom. The Morgan fingerprint density at radius 1 is 1.16 bits per heavy atom. The Bertz CT molecular complexity index is 422. The summed E-state index contributed by atoms with van der Waals surface area (Å²) in [5.74, 6) is -0.837. The van der Waals surface area contributed by atoms with Gasteiger partial charge in [0, 0.05) is 6.54 Å². The van der Waals surface area contributed by atoms with Crippen LogP contribution in [0.25, 0.3) is 0 Å². The van der Waals surface area contributed by atoms with Crippen LogP contribution in [-0.2, 0) is 14.8 Å². The molecule has 2 N–H and O–H groups in total. The molecular weight excluding hydrogens is 266 g/mol. The van der Waals surface area contributed by atoms with Gasteiger partial charge in [0.1, 0.15) is 0 Å². The van der Waals surface area contributed by atoms with E-state index in [1.165, 1.54) is 0 Å². The van der Waals surface area contributed by atoms with Crippen molar-refractivity contribution in [3.8, 4) is 0 Å². The second kappa shape index (κ2) is 5.79. The molecule has 0 aliphatic heterocycles. The van der Waals surface area contributed by atoms with Crippen LogP contribution < -0.4 is 4.72 Å². The highest BCUT2D eigenvalue weighted by molar-refractivity contribution is 7.90. The van der Waals surface area contributed by atoms with E-state index < -0.39 is 16.0 Å². The molecule has 0 unspecified atom stereocenters. The molecule has 19 heavy (non-hydrogen) atoms. The molecule has 2 fully saturated rings. The van der Waals surface area contributed by atoms with E-state index in [-0.39, 0.29) is 23.6 Å². The minimum absolute atomic E-state index is 0.0696. The van der Waals surface area contributed by atoms with Gasteiger partial charge in [0.2, 0.25) is 10.0 Å². The van der Waals surface area contributed by atoms with Gasteiger partial charge in [0.25, 0.3) is 0 Å². The Labute approximate surface area is 114 Å². The molecule has 0 amide bonds. The van der Waals surface area contributed by atoms with Crippen molar-refractivity contribution in [3.05, 3.63) is 0 Å². The van der Waals surface area contributed by atoms with Crippen LogP contribution in [-0.4, -0.2) is 31.3 Å². The second-order valence-corrected chi connectivity index (χ2v) is 8.10. The summed E-state index contributed by atoms with van der Waals surface area (Å²) in [6.07, 6.45) is 7.24. The average molecular weight is 289 g/mol. The van der Waals surface area contributed by atoms with Gasteiger partial charge in [-0.2, -0.15) is 0 Å². The van der Waals surface area contributed by atoms with Crippen molar-refractivity contribution in [2.24, 2.45) is 5.41 Å². The van der Waals surface area contributed by atoms with Gasteiger partial charge < -0.3 is 5.11 Å². The Balaban J connectivity index is 1.91. The highest BCUT2D eigenvalue weighted by atomic mass is 32.2. The first-order valence-corrected chi connectivity index (χ1v) is 8.69. The van der Waals surface area contributed by atoms with Crippen LogP contribution in [0.5, 0.6) is 0 Å². The first-order valence-electron chi connectivity index (χ1n) is 7.14. The summed E-state index contributed by atoms with van der Waals surface area (Å²) in [5.41, 5.74) is -0.340.